The van der Waals surface area contributed by atoms with Gasteiger partial charge in [0, 0.05) is 0 Å². The van der Waals surface area contributed by atoms with Gasteiger partial charge in [0.1, 0.15) is 5.75 Å². The van der Waals surface area contributed by atoms with Crippen LogP contribution in [0.1, 0.15) is 17.5 Å². The minimum absolute atomic E-state index is 0.183. The lowest BCUT2D eigenvalue weighted by Crippen LogP contribution is -1.91. The topological polar surface area (TPSA) is 46.2 Å². The van der Waals surface area contributed by atoms with Crippen LogP contribution in [0.4, 0.5) is 5.69 Å². The van der Waals surface area contributed by atoms with Crippen molar-refractivity contribution in [3.05, 3.63) is 59.7 Å². The second-order valence-corrected chi connectivity index (χ2v) is 4.23. The average Bonchev–Trinajstić information content (AvgIpc) is 2.35. The van der Waals surface area contributed by atoms with Crippen LogP contribution in [0.25, 0.3) is 0 Å². The Morgan fingerprint density at radius 2 is 1.59 bits per heavy atom. The fraction of sp³-hybridized carbons (Fsp3) is 0.200. The minimum Gasteiger partial charge on any atom is -0.506 e. The number of aryl methyl sites for hydroxylation is 2. The third-order valence-corrected chi connectivity index (χ3v) is 2.87. The molecule has 0 heterocycles. The molecule has 0 unspecified atom stereocenters. The van der Waals surface area contributed by atoms with Crippen molar-refractivity contribution in [2.24, 2.45) is 0 Å². The highest BCUT2D eigenvalue weighted by atomic mass is 16.3. The summed E-state index contributed by atoms with van der Waals surface area (Å²) in [5.41, 5.74) is 8.49. The summed E-state index contributed by atoms with van der Waals surface area (Å²) in [6, 6.07) is 15.9. The van der Waals surface area contributed by atoms with Gasteiger partial charge < -0.3 is 10.8 Å². The van der Waals surface area contributed by atoms with Gasteiger partial charge in [-0.2, -0.15) is 0 Å². The van der Waals surface area contributed by atoms with Gasteiger partial charge in [-0.3, -0.25) is 0 Å². The number of hydrogen-bond donors (Lipinski definition) is 2. The standard InChI is InChI=1S/C15H17NO/c16-14-10-9-13(11-15(14)17)8-4-7-12-5-2-1-3-6-12/h1-3,5-6,9-11,17H,4,7-8,16H2. The van der Waals surface area contributed by atoms with Crippen LogP contribution in [0.5, 0.6) is 5.75 Å². The molecule has 0 saturated carbocycles. The van der Waals surface area contributed by atoms with E-state index in [4.69, 9.17) is 5.73 Å². The zero-order valence-electron chi connectivity index (χ0n) is 9.76. The molecule has 0 bridgehead atoms. The van der Waals surface area contributed by atoms with E-state index in [2.05, 4.69) is 24.3 Å². The maximum absolute atomic E-state index is 9.49. The zero-order chi connectivity index (χ0) is 12.1. The number of benzene rings is 2. The molecule has 2 heteroatoms. The quantitative estimate of drug-likeness (QED) is 0.622. The second kappa shape index (κ2) is 5.39. The van der Waals surface area contributed by atoms with Crippen molar-refractivity contribution in [3.8, 4) is 5.75 Å². The second-order valence-electron chi connectivity index (χ2n) is 4.23. The summed E-state index contributed by atoms with van der Waals surface area (Å²) in [6.07, 6.45) is 3.10. The maximum Gasteiger partial charge on any atom is 0.138 e. The first-order valence-electron chi connectivity index (χ1n) is 5.87. The summed E-state index contributed by atoms with van der Waals surface area (Å²) in [4.78, 5) is 0. The molecule has 0 saturated heterocycles. The Hall–Kier alpha value is -1.96. The molecule has 0 radical (unpaired) electrons. The molecule has 2 aromatic carbocycles. The number of aromatic hydroxyl groups is 1. The van der Waals surface area contributed by atoms with Gasteiger partial charge in [0.05, 0.1) is 5.69 Å². The molecule has 0 aromatic heterocycles. The van der Waals surface area contributed by atoms with Crippen LogP contribution in [0, 0.1) is 0 Å². The lowest BCUT2D eigenvalue weighted by molar-refractivity contribution is 0.477. The van der Waals surface area contributed by atoms with E-state index in [0.29, 0.717) is 5.69 Å². The van der Waals surface area contributed by atoms with Crippen LogP contribution in [-0.4, -0.2) is 5.11 Å². The van der Waals surface area contributed by atoms with Crippen molar-refractivity contribution in [2.45, 2.75) is 19.3 Å². The van der Waals surface area contributed by atoms with E-state index >= 15 is 0 Å². The molecule has 3 N–H and O–H groups in total. The SMILES string of the molecule is Nc1ccc(CCCc2ccccc2)cc1O. The summed E-state index contributed by atoms with van der Waals surface area (Å²) in [5.74, 6) is 0.183. The van der Waals surface area contributed by atoms with Crippen LogP contribution in [-0.2, 0) is 12.8 Å². The Morgan fingerprint density at radius 3 is 2.29 bits per heavy atom. The molecule has 17 heavy (non-hydrogen) atoms. The minimum atomic E-state index is 0.183. The molecule has 0 aliphatic rings. The van der Waals surface area contributed by atoms with Gasteiger partial charge in [-0.15, -0.1) is 0 Å². The van der Waals surface area contributed by atoms with E-state index in [1.165, 1.54) is 5.56 Å². The van der Waals surface area contributed by atoms with Crippen LogP contribution >= 0.6 is 0 Å². The lowest BCUT2D eigenvalue weighted by atomic mass is 10.0. The first-order chi connectivity index (χ1) is 8.25. The molecular weight excluding hydrogens is 210 g/mol. The summed E-state index contributed by atoms with van der Waals surface area (Å²) in [5, 5.41) is 9.49. The van der Waals surface area contributed by atoms with E-state index in [1.54, 1.807) is 12.1 Å². The average molecular weight is 227 g/mol. The van der Waals surface area contributed by atoms with Gasteiger partial charge in [-0.25, -0.2) is 0 Å². The molecule has 0 atom stereocenters. The van der Waals surface area contributed by atoms with E-state index in [1.807, 2.05) is 12.1 Å². The van der Waals surface area contributed by atoms with Crippen molar-refractivity contribution in [3.63, 3.8) is 0 Å². The number of phenols is 1. The van der Waals surface area contributed by atoms with Crippen molar-refractivity contribution in [2.75, 3.05) is 5.73 Å². The molecule has 2 aromatic rings. The van der Waals surface area contributed by atoms with Gasteiger partial charge in [-0.1, -0.05) is 36.4 Å². The fourth-order valence-electron chi connectivity index (χ4n) is 1.89. The zero-order valence-corrected chi connectivity index (χ0v) is 9.76. The van der Waals surface area contributed by atoms with Gasteiger partial charge in [0.15, 0.2) is 0 Å². The largest absolute Gasteiger partial charge is 0.506 e. The predicted molar refractivity (Wildman–Crippen MR) is 71.0 cm³/mol. The summed E-state index contributed by atoms with van der Waals surface area (Å²) in [7, 11) is 0. The Morgan fingerprint density at radius 1 is 0.882 bits per heavy atom. The molecule has 0 spiro atoms. The van der Waals surface area contributed by atoms with Gasteiger partial charge >= 0.3 is 0 Å². The highest BCUT2D eigenvalue weighted by Crippen LogP contribution is 2.21. The van der Waals surface area contributed by atoms with Gasteiger partial charge in [0.25, 0.3) is 0 Å². The summed E-state index contributed by atoms with van der Waals surface area (Å²) < 4.78 is 0. The van der Waals surface area contributed by atoms with Gasteiger partial charge in [-0.05, 0) is 42.5 Å². The Balaban J connectivity index is 1.88. The molecule has 2 rings (SSSR count). The monoisotopic (exact) mass is 227 g/mol. The summed E-state index contributed by atoms with van der Waals surface area (Å²) >= 11 is 0. The Kier molecular flexibility index (Phi) is 3.66. The van der Waals surface area contributed by atoms with E-state index in [-0.39, 0.29) is 5.75 Å². The maximum atomic E-state index is 9.49. The van der Waals surface area contributed by atoms with Crippen LogP contribution in [0.2, 0.25) is 0 Å². The van der Waals surface area contributed by atoms with Crippen molar-refractivity contribution >= 4 is 5.69 Å². The van der Waals surface area contributed by atoms with E-state index in [9.17, 15) is 5.11 Å². The molecule has 88 valence electrons. The van der Waals surface area contributed by atoms with Gasteiger partial charge in [0.2, 0.25) is 0 Å². The van der Waals surface area contributed by atoms with Crippen LogP contribution in [0.3, 0.4) is 0 Å². The highest BCUT2D eigenvalue weighted by molar-refractivity contribution is 5.52. The molecule has 0 amide bonds. The number of nitrogen functional groups attached to an aromatic ring is 1. The first-order valence-corrected chi connectivity index (χ1v) is 5.87. The van der Waals surface area contributed by atoms with Crippen molar-refractivity contribution < 1.29 is 5.11 Å². The molecule has 0 aliphatic carbocycles. The number of nitrogens with two attached hydrogens (primary N) is 1. The highest BCUT2D eigenvalue weighted by Gasteiger charge is 1.99. The van der Waals surface area contributed by atoms with Crippen LogP contribution < -0.4 is 5.73 Å². The van der Waals surface area contributed by atoms with Crippen molar-refractivity contribution in [1.29, 1.82) is 0 Å². The number of hydrogen-bond acceptors (Lipinski definition) is 2. The van der Waals surface area contributed by atoms with Crippen molar-refractivity contribution in [1.82, 2.24) is 0 Å². The molecular formula is C15H17NO. The third-order valence-electron chi connectivity index (χ3n) is 2.87. The predicted octanol–water partition coefficient (Wildman–Crippen LogP) is 3.15. The smallest absolute Gasteiger partial charge is 0.138 e. The molecule has 2 nitrogen and oxygen atoms in total. The van der Waals surface area contributed by atoms with E-state index < -0.39 is 0 Å². The number of phenolic OH excluding ortho intramolecular Hbond substituents is 1. The summed E-state index contributed by atoms with van der Waals surface area (Å²) in [6.45, 7) is 0. The van der Waals surface area contributed by atoms with Crippen LogP contribution in [0.15, 0.2) is 48.5 Å². The first kappa shape index (κ1) is 11.5. The molecule has 0 aliphatic heterocycles. The molecule has 0 fully saturated rings. The fourth-order valence-corrected chi connectivity index (χ4v) is 1.89. The number of rotatable bonds is 4. The Labute approximate surface area is 102 Å². The van der Waals surface area contributed by atoms with E-state index in [0.717, 1.165) is 24.8 Å². The normalized spacial score (nSPS) is 10.4. The number of anilines is 1. The third kappa shape index (κ3) is 3.25. The lowest BCUT2D eigenvalue weighted by Gasteiger charge is -2.04. The Bertz CT molecular complexity index is 480.